The van der Waals surface area contributed by atoms with Crippen molar-refractivity contribution in [2.45, 2.75) is 38.4 Å². The van der Waals surface area contributed by atoms with Crippen LogP contribution in [0.5, 0.6) is 0 Å². The van der Waals surface area contributed by atoms with Gasteiger partial charge in [0.2, 0.25) is 0 Å². The van der Waals surface area contributed by atoms with Crippen LogP contribution in [0.1, 0.15) is 32.3 Å². The molecule has 0 aromatic heterocycles. The number of rotatable bonds is 5. The molecule has 0 radical (unpaired) electrons. The summed E-state index contributed by atoms with van der Waals surface area (Å²) >= 11 is 3.39. The highest BCUT2D eigenvalue weighted by atomic mass is 79.9. The van der Waals surface area contributed by atoms with Crippen molar-refractivity contribution in [1.82, 2.24) is 5.32 Å². The van der Waals surface area contributed by atoms with Gasteiger partial charge in [-0.1, -0.05) is 34.1 Å². The third kappa shape index (κ3) is 5.38. The molecular formula is C17H22BrNO2. The van der Waals surface area contributed by atoms with Gasteiger partial charge in [-0.25, -0.2) is 0 Å². The molecule has 2 atom stereocenters. The molecule has 1 aromatic rings. The van der Waals surface area contributed by atoms with Gasteiger partial charge in [0.05, 0.1) is 11.7 Å². The summed E-state index contributed by atoms with van der Waals surface area (Å²) in [7, 11) is 0. The number of carbonyl (C=O) groups excluding carboxylic acids is 1. The Morgan fingerprint density at radius 1 is 1.48 bits per heavy atom. The van der Waals surface area contributed by atoms with Gasteiger partial charge < -0.3 is 10.1 Å². The van der Waals surface area contributed by atoms with Crippen LogP contribution in [0.25, 0.3) is 6.08 Å². The van der Waals surface area contributed by atoms with E-state index in [1.165, 1.54) is 0 Å². The van der Waals surface area contributed by atoms with Crippen molar-refractivity contribution < 1.29 is 9.53 Å². The SMILES string of the molecule is CC1CNCC(C)(CCC(=O)C=Cc2ccc(Br)cc2)O1. The average Bonchev–Trinajstić information content (AvgIpc) is 2.44. The van der Waals surface area contributed by atoms with Crippen LogP contribution in [-0.4, -0.2) is 30.6 Å². The third-order valence-electron chi connectivity index (χ3n) is 3.65. The minimum absolute atomic E-state index is 0.140. The number of halogens is 1. The molecule has 0 amide bonds. The highest BCUT2D eigenvalue weighted by Gasteiger charge is 2.30. The predicted octanol–water partition coefficient (Wildman–Crippen LogP) is 3.58. The monoisotopic (exact) mass is 351 g/mol. The zero-order chi connectivity index (χ0) is 15.3. The Morgan fingerprint density at radius 3 is 2.86 bits per heavy atom. The topological polar surface area (TPSA) is 38.3 Å². The van der Waals surface area contributed by atoms with Crippen LogP contribution in [0.2, 0.25) is 0 Å². The summed E-state index contributed by atoms with van der Waals surface area (Å²) in [6.45, 7) is 5.81. The van der Waals surface area contributed by atoms with E-state index >= 15 is 0 Å². The van der Waals surface area contributed by atoms with Crippen molar-refractivity contribution in [2.75, 3.05) is 13.1 Å². The van der Waals surface area contributed by atoms with Crippen molar-refractivity contribution in [1.29, 1.82) is 0 Å². The first-order chi connectivity index (χ1) is 9.97. The summed E-state index contributed by atoms with van der Waals surface area (Å²) < 4.78 is 6.99. The summed E-state index contributed by atoms with van der Waals surface area (Å²) in [6.07, 6.45) is 4.98. The zero-order valence-corrected chi connectivity index (χ0v) is 14.2. The third-order valence-corrected chi connectivity index (χ3v) is 4.18. The maximum absolute atomic E-state index is 12.0. The Kier molecular flexibility index (Phi) is 5.73. The van der Waals surface area contributed by atoms with Gasteiger partial charge in [-0.15, -0.1) is 0 Å². The van der Waals surface area contributed by atoms with Gasteiger partial charge in [-0.05, 0) is 44.0 Å². The molecule has 2 rings (SSSR count). The van der Waals surface area contributed by atoms with Crippen LogP contribution >= 0.6 is 15.9 Å². The molecule has 1 N–H and O–H groups in total. The van der Waals surface area contributed by atoms with E-state index in [0.717, 1.165) is 29.5 Å². The number of ketones is 1. The fraction of sp³-hybridized carbons (Fsp3) is 0.471. The van der Waals surface area contributed by atoms with Crippen LogP contribution < -0.4 is 5.32 Å². The molecule has 0 aliphatic carbocycles. The van der Waals surface area contributed by atoms with E-state index in [1.54, 1.807) is 6.08 Å². The van der Waals surface area contributed by atoms with Crippen molar-refractivity contribution >= 4 is 27.8 Å². The molecule has 1 aliphatic rings. The van der Waals surface area contributed by atoms with Crippen LogP contribution in [0.4, 0.5) is 0 Å². The van der Waals surface area contributed by atoms with E-state index in [0.29, 0.717) is 6.42 Å². The van der Waals surface area contributed by atoms with Crippen molar-refractivity contribution in [3.05, 3.63) is 40.4 Å². The van der Waals surface area contributed by atoms with Gasteiger partial charge in [0.25, 0.3) is 0 Å². The number of hydrogen-bond acceptors (Lipinski definition) is 3. The number of benzene rings is 1. The van der Waals surface area contributed by atoms with Gasteiger partial charge in [0.1, 0.15) is 0 Å². The van der Waals surface area contributed by atoms with Crippen molar-refractivity contribution in [2.24, 2.45) is 0 Å². The summed E-state index contributed by atoms with van der Waals surface area (Å²) in [4.78, 5) is 12.0. The standard InChI is InChI=1S/C17H22BrNO2/c1-13-11-19-12-17(2,21-13)10-9-16(20)8-5-14-3-6-15(18)7-4-14/h3-8,13,19H,9-12H2,1-2H3. The summed E-state index contributed by atoms with van der Waals surface area (Å²) in [5.41, 5.74) is 0.792. The molecule has 21 heavy (non-hydrogen) atoms. The molecule has 1 fully saturated rings. The minimum atomic E-state index is -0.237. The van der Waals surface area contributed by atoms with E-state index in [-0.39, 0.29) is 17.5 Å². The number of morpholine rings is 1. The van der Waals surface area contributed by atoms with Crippen LogP contribution in [-0.2, 0) is 9.53 Å². The fourth-order valence-corrected chi connectivity index (χ4v) is 2.75. The quantitative estimate of drug-likeness (QED) is 0.824. The normalized spacial score (nSPS) is 26.1. The van der Waals surface area contributed by atoms with Crippen LogP contribution in [0, 0.1) is 0 Å². The van der Waals surface area contributed by atoms with E-state index in [9.17, 15) is 4.79 Å². The molecule has 3 nitrogen and oxygen atoms in total. The Bertz CT molecular complexity index is 512. The minimum Gasteiger partial charge on any atom is -0.370 e. The summed E-state index contributed by atoms with van der Waals surface area (Å²) in [5.74, 6) is 0.140. The number of allylic oxidation sites excluding steroid dienone is 1. The van der Waals surface area contributed by atoms with Gasteiger partial charge in [0, 0.05) is 24.0 Å². The number of carbonyl (C=O) groups is 1. The van der Waals surface area contributed by atoms with Crippen molar-refractivity contribution in [3.63, 3.8) is 0 Å². The van der Waals surface area contributed by atoms with Crippen LogP contribution in [0.15, 0.2) is 34.8 Å². The Labute approximate surface area is 134 Å². The lowest BCUT2D eigenvalue weighted by atomic mass is 9.96. The second-order valence-corrected chi connectivity index (χ2v) is 6.78. The first kappa shape index (κ1) is 16.4. The highest BCUT2D eigenvalue weighted by Crippen LogP contribution is 2.22. The molecule has 0 spiro atoms. The molecular weight excluding hydrogens is 330 g/mol. The molecule has 0 bridgehead atoms. The lowest BCUT2D eigenvalue weighted by Gasteiger charge is -2.38. The molecule has 4 heteroatoms. The first-order valence-electron chi connectivity index (χ1n) is 7.32. The molecule has 2 unspecified atom stereocenters. The first-order valence-corrected chi connectivity index (χ1v) is 8.11. The van der Waals surface area contributed by atoms with E-state index < -0.39 is 0 Å². The maximum atomic E-state index is 12.0. The lowest BCUT2D eigenvalue weighted by Crippen LogP contribution is -2.51. The highest BCUT2D eigenvalue weighted by molar-refractivity contribution is 9.10. The second kappa shape index (κ2) is 7.34. The Morgan fingerprint density at radius 2 is 2.19 bits per heavy atom. The fourth-order valence-electron chi connectivity index (χ4n) is 2.49. The smallest absolute Gasteiger partial charge is 0.155 e. The molecule has 1 heterocycles. The lowest BCUT2D eigenvalue weighted by molar-refractivity contribution is -0.121. The average molecular weight is 352 g/mol. The molecule has 1 saturated heterocycles. The summed E-state index contributed by atoms with van der Waals surface area (Å²) in [5, 5.41) is 3.35. The molecule has 0 saturated carbocycles. The zero-order valence-electron chi connectivity index (χ0n) is 12.6. The Hall–Kier alpha value is -0.970. The number of hydrogen-bond donors (Lipinski definition) is 1. The molecule has 1 aromatic carbocycles. The summed E-state index contributed by atoms with van der Waals surface area (Å²) in [6, 6.07) is 7.89. The number of ether oxygens (including phenoxy) is 1. The largest absolute Gasteiger partial charge is 0.370 e. The van der Waals surface area contributed by atoms with E-state index in [2.05, 4.69) is 35.1 Å². The van der Waals surface area contributed by atoms with Gasteiger partial charge in [-0.2, -0.15) is 0 Å². The van der Waals surface area contributed by atoms with E-state index in [1.807, 2.05) is 30.3 Å². The maximum Gasteiger partial charge on any atom is 0.155 e. The number of nitrogens with one attached hydrogen (secondary N) is 1. The predicted molar refractivity (Wildman–Crippen MR) is 89.2 cm³/mol. The van der Waals surface area contributed by atoms with E-state index in [4.69, 9.17) is 4.74 Å². The Balaban J connectivity index is 1.83. The van der Waals surface area contributed by atoms with Gasteiger partial charge in [-0.3, -0.25) is 4.79 Å². The molecule has 1 aliphatic heterocycles. The van der Waals surface area contributed by atoms with Crippen LogP contribution in [0.3, 0.4) is 0 Å². The van der Waals surface area contributed by atoms with Gasteiger partial charge in [0.15, 0.2) is 5.78 Å². The second-order valence-electron chi connectivity index (χ2n) is 5.86. The van der Waals surface area contributed by atoms with Gasteiger partial charge >= 0.3 is 0 Å². The molecule has 114 valence electrons. The van der Waals surface area contributed by atoms with Crippen molar-refractivity contribution in [3.8, 4) is 0 Å².